The SMILES string of the molecule is COc1ccccc1C=NNC(=O)CNc1ccccc1OC. The van der Waals surface area contributed by atoms with Gasteiger partial charge in [-0.05, 0) is 24.3 Å². The molecule has 120 valence electrons. The molecule has 0 aliphatic heterocycles. The molecule has 23 heavy (non-hydrogen) atoms. The van der Waals surface area contributed by atoms with Crippen LogP contribution in [-0.4, -0.2) is 32.9 Å². The molecular weight excluding hydrogens is 294 g/mol. The molecule has 6 nitrogen and oxygen atoms in total. The normalized spacial score (nSPS) is 10.3. The Bertz CT molecular complexity index is 686. The van der Waals surface area contributed by atoms with E-state index in [1.54, 1.807) is 20.4 Å². The van der Waals surface area contributed by atoms with Crippen molar-refractivity contribution < 1.29 is 14.3 Å². The second-order valence-electron chi connectivity index (χ2n) is 4.59. The van der Waals surface area contributed by atoms with Gasteiger partial charge in [-0.1, -0.05) is 24.3 Å². The third-order valence-corrected chi connectivity index (χ3v) is 3.08. The van der Waals surface area contributed by atoms with Crippen LogP contribution in [0.4, 0.5) is 5.69 Å². The number of nitrogens with one attached hydrogen (secondary N) is 2. The number of anilines is 1. The van der Waals surface area contributed by atoms with Crippen molar-refractivity contribution in [2.75, 3.05) is 26.1 Å². The highest BCUT2D eigenvalue weighted by molar-refractivity contribution is 5.86. The Balaban J connectivity index is 1.87. The van der Waals surface area contributed by atoms with Gasteiger partial charge in [-0.25, -0.2) is 5.43 Å². The summed E-state index contributed by atoms with van der Waals surface area (Å²) in [5, 5.41) is 6.93. The minimum absolute atomic E-state index is 0.0869. The lowest BCUT2D eigenvalue weighted by Crippen LogP contribution is -2.26. The molecule has 0 bridgehead atoms. The molecular formula is C17H19N3O3. The van der Waals surface area contributed by atoms with Gasteiger partial charge >= 0.3 is 0 Å². The lowest BCUT2D eigenvalue weighted by atomic mass is 10.2. The van der Waals surface area contributed by atoms with E-state index in [-0.39, 0.29) is 12.5 Å². The van der Waals surface area contributed by atoms with Crippen LogP contribution in [0, 0.1) is 0 Å². The summed E-state index contributed by atoms with van der Waals surface area (Å²) in [5.41, 5.74) is 4.00. The van der Waals surface area contributed by atoms with Crippen molar-refractivity contribution in [1.29, 1.82) is 0 Å². The van der Waals surface area contributed by atoms with Crippen LogP contribution in [0.3, 0.4) is 0 Å². The largest absolute Gasteiger partial charge is 0.496 e. The summed E-state index contributed by atoms with van der Waals surface area (Å²) in [6.07, 6.45) is 1.54. The van der Waals surface area contributed by atoms with Gasteiger partial charge in [-0.2, -0.15) is 5.10 Å². The molecule has 0 radical (unpaired) electrons. The summed E-state index contributed by atoms with van der Waals surface area (Å²) in [5.74, 6) is 1.11. The standard InChI is InChI=1S/C17H19N3O3/c1-22-15-9-5-3-7-13(15)11-19-20-17(21)12-18-14-8-4-6-10-16(14)23-2/h3-11,18H,12H2,1-2H3,(H,20,21). The molecule has 0 spiro atoms. The van der Waals surface area contributed by atoms with E-state index < -0.39 is 0 Å². The highest BCUT2D eigenvalue weighted by Crippen LogP contribution is 2.22. The highest BCUT2D eigenvalue weighted by atomic mass is 16.5. The van der Waals surface area contributed by atoms with Gasteiger partial charge in [0.25, 0.3) is 5.91 Å². The third-order valence-electron chi connectivity index (χ3n) is 3.08. The van der Waals surface area contributed by atoms with Crippen molar-refractivity contribution in [2.24, 2.45) is 5.10 Å². The van der Waals surface area contributed by atoms with Gasteiger partial charge in [0.2, 0.25) is 0 Å². The first-order valence-electron chi connectivity index (χ1n) is 7.06. The molecule has 0 aliphatic rings. The van der Waals surface area contributed by atoms with Crippen LogP contribution >= 0.6 is 0 Å². The number of methoxy groups -OCH3 is 2. The molecule has 2 aromatic rings. The first-order chi connectivity index (χ1) is 11.2. The maximum atomic E-state index is 11.8. The summed E-state index contributed by atoms with van der Waals surface area (Å²) in [4.78, 5) is 11.8. The number of para-hydroxylation sites is 3. The molecule has 0 fully saturated rings. The van der Waals surface area contributed by atoms with E-state index in [1.807, 2.05) is 48.5 Å². The van der Waals surface area contributed by atoms with Crippen LogP contribution in [0.25, 0.3) is 0 Å². The quantitative estimate of drug-likeness (QED) is 0.607. The van der Waals surface area contributed by atoms with Crippen LogP contribution in [0.15, 0.2) is 53.6 Å². The number of carbonyl (C=O) groups excluding carboxylic acids is 1. The van der Waals surface area contributed by atoms with Crippen molar-refractivity contribution in [3.05, 3.63) is 54.1 Å². The highest BCUT2D eigenvalue weighted by Gasteiger charge is 2.04. The molecule has 2 N–H and O–H groups in total. The minimum atomic E-state index is -0.262. The number of ether oxygens (including phenoxy) is 2. The number of amides is 1. The molecule has 0 unspecified atom stereocenters. The maximum absolute atomic E-state index is 11.8. The number of rotatable bonds is 7. The molecule has 0 aliphatic carbocycles. The minimum Gasteiger partial charge on any atom is -0.496 e. The molecule has 0 saturated carbocycles. The van der Waals surface area contributed by atoms with Crippen LogP contribution < -0.4 is 20.2 Å². The van der Waals surface area contributed by atoms with Crippen molar-refractivity contribution in [3.63, 3.8) is 0 Å². The lowest BCUT2D eigenvalue weighted by molar-refractivity contribution is -0.119. The molecule has 1 amide bonds. The van der Waals surface area contributed by atoms with E-state index in [0.717, 1.165) is 11.3 Å². The van der Waals surface area contributed by atoms with Gasteiger partial charge in [-0.15, -0.1) is 0 Å². The molecule has 2 aromatic carbocycles. The van der Waals surface area contributed by atoms with E-state index in [2.05, 4.69) is 15.8 Å². The van der Waals surface area contributed by atoms with E-state index >= 15 is 0 Å². The van der Waals surface area contributed by atoms with Crippen molar-refractivity contribution in [2.45, 2.75) is 0 Å². The fourth-order valence-electron chi connectivity index (χ4n) is 1.95. The van der Waals surface area contributed by atoms with Crippen molar-refractivity contribution >= 4 is 17.8 Å². The second-order valence-corrected chi connectivity index (χ2v) is 4.59. The number of hydrogen-bond acceptors (Lipinski definition) is 5. The zero-order chi connectivity index (χ0) is 16.5. The fourth-order valence-corrected chi connectivity index (χ4v) is 1.95. The number of benzene rings is 2. The fraction of sp³-hybridized carbons (Fsp3) is 0.176. The van der Waals surface area contributed by atoms with Gasteiger partial charge in [0.15, 0.2) is 0 Å². The number of nitrogens with zero attached hydrogens (tertiary/aromatic N) is 1. The number of hydrogen-bond donors (Lipinski definition) is 2. The Kier molecular flexibility index (Phi) is 5.99. The molecule has 0 saturated heterocycles. The van der Waals surface area contributed by atoms with E-state index in [9.17, 15) is 4.79 Å². The summed E-state index contributed by atoms with van der Waals surface area (Å²) in [6, 6.07) is 14.8. The predicted octanol–water partition coefficient (Wildman–Crippen LogP) is 2.27. The first kappa shape index (κ1) is 16.4. The van der Waals surface area contributed by atoms with Gasteiger partial charge in [-0.3, -0.25) is 4.79 Å². The lowest BCUT2D eigenvalue weighted by Gasteiger charge is -2.09. The van der Waals surface area contributed by atoms with Crippen LogP contribution in [0.5, 0.6) is 11.5 Å². The second kappa shape index (κ2) is 8.43. The molecule has 2 rings (SSSR count). The summed E-state index contributed by atoms with van der Waals surface area (Å²) in [6.45, 7) is 0.0869. The molecule has 0 heterocycles. The van der Waals surface area contributed by atoms with Gasteiger partial charge in [0.05, 0.1) is 32.7 Å². The monoisotopic (exact) mass is 313 g/mol. The molecule has 0 atom stereocenters. The van der Waals surface area contributed by atoms with Gasteiger partial charge in [0, 0.05) is 5.56 Å². The Morgan fingerprint density at radius 3 is 2.43 bits per heavy atom. The van der Waals surface area contributed by atoms with Crippen LogP contribution in [0.2, 0.25) is 0 Å². The number of carbonyl (C=O) groups is 1. The van der Waals surface area contributed by atoms with Crippen LogP contribution in [-0.2, 0) is 4.79 Å². The summed E-state index contributed by atoms with van der Waals surface area (Å²) in [7, 11) is 3.17. The Hall–Kier alpha value is -3.02. The maximum Gasteiger partial charge on any atom is 0.259 e. The summed E-state index contributed by atoms with van der Waals surface area (Å²) >= 11 is 0. The zero-order valence-corrected chi connectivity index (χ0v) is 13.1. The third kappa shape index (κ3) is 4.74. The molecule has 6 heteroatoms. The smallest absolute Gasteiger partial charge is 0.259 e. The van der Waals surface area contributed by atoms with Gasteiger partial charge in [0.1, 0.15) is 11.5 Å². The van der Waals surface area contributed by atoms with Crippen molar-refractivity contribution in [1.82, 2.24) is 5.43 Å². The molecule has 0 aromatic heterocycles. The van der Waals surface area contributed by atoms with Crippen molar-refractivity contribution in [3.8, 4) is 11.5 Å². The Morgan fingerprint density at radius 2 is 1.70 bits per heavy atom. The van der Waals surface area contributed by atoms with E-state index in [4.69, 9.17) is 9.47 Å². The van der Waals surface area contributed by atoms with Crippen LogP contribution in [0.1, 0.15) is 5.56 Å². The number of hydrazone groups is 1. The average molecular weight is 313 g/mol. The Morgan fingerprint density at radius 1 is 1.04 bits per heavy atom. The summed E-state index contributed by atoms with van der Waals surface area (Å²) < 4.78 is 10.4. The zero-order valence-electron chi connectivity index (χ0n) is 13.1. The van der Waals surface area contributed by atoms with E-state index in [1.165, 1.54) is 0 Å². The Labute approximate surface area is 135 Å². The topological polar surface area (TPSA) is 72.0 Å². The van der Waals surface area contributed by atoms with Gasteiger partial charge < -0.3 is 14.8 Å². The predicted molar refractivity (Wildman–Crippen MR) is 90.2 cm³/mol. The van der Waals surface area contributed by atoms with E-state index in [0.29, 0.717) is 11.5 Å². The average Bonchev–Trinajstić information content (AvgIpc) is 2.60. The first-order valence-corrected chi connectivity index (χ1v) is 7.06.